The van der Waals surface area contributed by atoms with Crippen LogP contribution in [0.25, 0.3) is 0 Å². The van der Waals surface area contributed by atoms with Crippen LogP contribution in [0.1, 0.15) is 44.6 Å². The van der Waals surface area contributed by atoms with Gasteiger partial charge in [-0.3, -0.25) is 24.2 Å². The topological polar surface area (TPSA) is 187 Å². The number of nitrogens with zero attached hydrogens (tertiary/aromatic N) is 1. The zero-order valence-electron chi connectivity index (χ0n) is 23.3. The first kappa shape index (κ1) is 33.7. The Morgan fingerprint density at radius 2 is 1.65 bits per heavy atom. The van der Waals surface area contributed by atoms with Gasteiger partial charge in [-0.05, 0) is 43.4 Å². The van der Waals surface area contributed by atoms with Crippen LogP contribution in [0.5, 0.6) is 5.75 Å². The molecule has 7 N–H and O–H groups in total. The van der Waals surface area contributed by atoms with Crippen LogP contribution in [-0.2, 0) is 30.3 Å². The van der Waals surface area contributed by atoms with E-state index in [2.05, 4.69) is 34.1 Å². The lowest BCUT2D eigenvalue weighted by Gasteiger charge is -2.25. The fourth-order valence-electron chi connectivity index (χ4n) is 3.76. The van der Waals surface area contributed by atoms with E-state index in [-0.39, 0.29) is 25.2 Å². The summed E-state index contributed by atoms with van der Waals surface area (Å²) in [5, 5.41) is 8.22. The van der Waals surface area contributed by atoms with E-state index in [4.69, 9.17) is 20.9 Å². The highest BCUT2D eigenvalue weighted by atomic mass is 16.5. The first-order valence-electron chi connectivity index (χ1n) is 13.0. The van der Waals surface area contributed by atoms with Crippen molar-refractivity contribution >= 4 is 29.7 Å². The summed E-state index contributed by atoms with van der Waals surface area (Å²) < 4.78 is 10.2. The molecule has 3 atom stereocenters. The van der Waals surface area contributed by atoms with Crippen molar-refractivity contribution in [2.45, 2.75) is 63.6 Å². The van der Waals surface area contributed by atoms with Crippen LogP contribution in [0.2, 0.25) is 0 Å². The number of nitrogens with two attached hydrogens (primary N) is 2. The van der Waals surface area contributed by atoms with Crippen LogP contribution in [0.4, 0.5) is 0 Å². The van der Waals surface area contributed by atoms with Crippen molar-refractivity contribution in [3.05, 3.63) is 55.1 Å². The van der Waals surface area contributed by atoms with Gasteiger partial charge in [-0.2, -0.15) is 0 Å². The van der Waals surface area contributed by atoms with E-state index in [1.165, 1.54) is 14.0 Å². The van der Waals surface area contributed by atoms with Gasteiger partial charge in [0.05, 0.1) is 13.5 Å². The minimum Gasteiger partial charge on any atom is -0.490 e. The fourth-order valence-corrected chi connectivity index (χ4v) is 3.76. The van der Waals surface area contributed by atoms with E-state index in [1.807, 2.05) is 0 Å². The Morgan fingerprint density at radius 1 is 0.975 bits per heavy atom. The molecule has 1 aromatic rings. The molecule has 40 heavy (non-hydrogen) atoms. The molecule has 0 unspecified atom stereocenters. The maximum atomic E-state index is 13.3. The molecule has 0 aromatic heterocycles. The van der Waals surface area contributed by atoms with E-state index in [9.17, 15) is 19.2 Å². The maximum Gasteiger partial charge on any atom is 0.307 e. The van der Waals surface area contributed by atoms with Gasteiger partial charge in [0.25, 0.3) is 0 Å². The van der Waals surface area contributed by atoms with E-state index in [0.717, 1.165) is 5.56 Å². The van der Waals surface area contributed by atoms with E-state index < -0.39 is 41.8 Å². The molecular formula is C28H42N6O6. The molecule has 0 bridgehead atoms. The van der Waals surface area contributed by atoms with Crippen molar-refractivity contribution in [2.24, 2.45) is 16.5 Å². The molecule has 0 fully saturated rings. The molecule has 1 aromatic carbocycles. The summed E-state index contributed by atoms with van der Waals surface area (Å²) in [5.41, 5.74) is 11.5. The van der Waals surface area contributed by atoms with Gasteiger partial charge in [-0.25, -0.2) is 0 Å². The zero-order chi connectivity index (χ0) is 29.9. The van der Waals surface area contributed by atoms with E-state index in [1.54, 1.807) is 36.4 Å². The van der Waals surface area contributed by atoms with Crippen LogP contribution in [0, 0.1) is 0 Å². The van der Waals surface area contributed by atoms with Crippen LogP contribution >= 0.6 is 0 Å². The minimum absolute atomic E-state index is 0.0314. The highest BCUT2D eigenvalue weighted by Crippen LogP contribution is 2.14. The molecule has 0 aliphatic heterocycles. The Bertz CT molecular complexity index is 1020. The monoisotopic (exact) mass is 558 g/mol. The van der Waals surface area contributed by atoms with Crippen molar-refractivity contribution < 1.29 is 28.7 Å². The Hall–Kier alpha value is -4.35. The molecule has 1 rings (SSSR count). The van der Waals surface area contributed by atoms with Crippen LogP contribution in [0.15, 0.2) is 54.6 Å². The van der Waals surface area contributed by atoms with Crippen molar-refractivity contribution in [3.63, 3.8) is 0 Å². The minimum atomic E-state index is -0.942. The molecule has 0 heterocycles. The summed E-state index contributed by atoms with van der Waals surface area (Å²) in [4.78, 5) is 54.2. The first-order chi connectivity index (χ1) is 19.1. The fraction of sp³-hybridized carbons (Fsp3) is 0.464. The van der Waals surface area contributed by atoms with Gasteiger partial charge in [-0.15, -0.1) is 6.58 Å². The number of unbranched alkanes of at least 4 members (excludes halogenated alkanes) is 1. The van der Waals surface area contributed by atoms with E-state index >= 15 is 0 Å². The molecule has 3 amide bonds. The van der Waals surface area contributed by atoms with E-state index in [0.29, 0.717) is 38.2 Å². The number of nitrogens with one attached hydrogen (secondary N) is 3. The molecule has 12 nitrogen and oxygen atoms in total. The highest BCUT2D eigenvalue weighted by Gasteiger charge is 2.28. The third-order valence-electron chi connectivity index (χ3n) is 5.69. The molecule has 0 saturated carbocycles. The summed E-state index contributed by atoms with van der Waals surface area (Å²) in [6.07, 6.45) is 5.05. The van der Waals surface area contributed by atoms with Crippen LogP contribution in [0.3, 0.4) is 0 Å². The number of rotatable bonds is 19. The quantitative estimate of drug-likeness (QED) is 0.0543. The largest absolute Gasteiger partial charge is 0.490 e. The Labute approximate surface area is 235 Å². The number of aliphatic imine (C=N–C) groups is 1. The third-order valence-corrected chi connectivity index (χ3v) is 5.69. The molecular weight excluding hydrogens is 516 g/mol. The number of benzene rings is 1. The number of carbonyl (C=O) groups excluding carboxylic acids is 4. The van der Waals surface area contributed by atoms with Gasteiger partial charge in [0.2, 0.25) is 17.7 Å². The highest BCUT2D eigenvalue weighted by molar-refractivity contribution is 5.92. The lowest BCUT2D eigenvalue weighted by molar-refractivity contribution is -0.141. The van der Waals surface area contributed by atoms with Gasteiger partial charge in [0.1, 0.15) is 24.4 Å². The molecule has 0 spiro atoms. The van der Waals surface area contributed by atoms with Crippen LogP contribution in [-0.4, -0.2) is 68.0 Å². The van der Waals surface area contributed by atoms with Crippen molar-refractivity contribution in [1.29, 1.82) is 0 Å². The molecule has 12 heteroatoms. The summed E-state index contributed by atoms with van der Waals surface area (Å²) in [6, 6.07) is 4.66. The average molecular weight is 559 g/mol. The summed E-state index contributed by atoms with van der Waals surface area (Å²) in [5.74, 6) is -1.28. The molecule has 0 aliphatic carbocycles. The van der Waals surface area contributed by atoms with Gasteiger partial charge in [0, 0.05) is 25.9 Å². The normalized spacial score (nSPS) is 12.6. The molecule has 220 valence electrons. The standard InChI is InChI=1S/C28H42N6O6/c1-5-9-21(18-25(36)39-4)33-26(37)23(10-7-8-15-31-28(29)30)34-27(38)24(32-19(3)35)17-20-11-13-22(14-12-20)40-16-6-2/h5-6,11-14,21,23-24H,1-2,7-10,15-18H2,3-4H3,(H,32,35)(H,33,37)(H,34,38)(H4,29,30,31)/t21-,23-,24-/m0/s1. The number of amides is 3. The average Bonchev–Trinajstić information content (AvgIpc) is 2.90. The van der Waals surface area contributed by atoms with Crippen molar-refractivity contribution in [2.75, 3.05) is 20.3 Å². The molecule has 0 radical (unpaired) electrons. The number of guanidine groups is 1. The van der Waals surface area contributed by atoms with Gasteiger partial charge < -0.3 is 36.9 Å². The van der Waals surface area contributed by atoms with Gasteiger partial charge in [-0.1, -0.05) is 30.9 Å². The number of ether oxygens (including phenoxy) is 2. The number of hydrogen-bond donors (Lipinski definition) is 5. The lowest BCUT2D eigenvalue weighted by atomic mass is 10.0. The lowest BCUT2D eigenvalue weighted by Crippen LogP contribution is -2.55. The number of carbonyl (C=O) groups is 4. The number of esters is 1. The summed E-state index contributed by atoms with van der Waals surface area (Å²) in [7, 11) is 1.26. The summed E-state index contributed by atoms with van der Waals surface area (Å²) >= 11 is 0. The molecule has 0 aliphatic rings. The number of hydrogen-bond acceptors (Lipinski definition) is 7. The Morgan fingerprint density at radius 3 is 2.23 bits per heavy atom. The predicted molar refractivity (Wildman–Crippen MR) is 153 cm³/mol. The van der Waals surface area contributed by atoms with Crippen molar-refractivity contribution in [3.8, 4) is 5.75 Å². The van der Waals surface area contributed by atoms with Crippen molar-refractivity contribution in [1.82, 2.24) is 16.0 Å². The third kappa shape index (κ3) is 14.0. The predicted octanol–water partition coefficient (Wildman–Crippen LogP) is 0.851. The second kappa shape index (κ2) is 18.8. The van der Waals surface area contributed by atoms with Crippen LogP contribution < -0.4 is 32.2 Å². The Kier molecular flexibility index (Phi) is 15.9. The smallest absolute Gasteiger partial charge is 0.307 e. The zero-order valence-corrected chi connectivity index (χ0v) is 23.3. The second-order valence-electron chi connectivity index (χ2n) is 9.07. The maximum absolute atomic E-state index is 13.3. The number of methoxy groups -OCH3 is 1. The first-order valence-corrected chi connectivity index (χ1v) is 13.0. The van der Waals surface area contributed by atoms with Gasteiger partial charge in [0.15, 0.2) is 5.96 Å². The molecule has 0 saturated heterocycles. The second-order valence-corrected chi connectivity index (χ2v) is 9.07. The SMILES string of the molecule is C=CCOc1ccc(C[C@H](NC(C)=O)C(=O)N[C@@H](CCCCN=C(N)N)C(=O)N[C@@H](CC=C)CC(=O)OC)cc1. The van der Waals surface area contributed by atoms with Gasteiger partial charge >= 0.3 is 5.97 Å². The summed E-state index contributed by atoms with van der Waals surface area (Å²) in [6.45, 7) is 9.32. The Balaban J connectivity index is 3.04.